The highest BCUT2D eigenvalue weighted by Gasteiger charge is 2.11. The maximum Gasteiger partial charge on any atom is 0.178 e. The Labute approximate surface area is 124 Å². The van der Waals surface area contributed by atoms with Crippen molar-refractivity contribution in [1.29, 1.82) is 0 Å². The van der Waals surface area contributed by atoms with Gasteiger partial charge in [-0.05, 0) is 12.2 Å². The summed E-state index contributed by atoms with van der Waals surface area (Å²) in [5.74, 6) is 1.37. The van der Waals surface area contributed by atoms with Gasteiger partial charge in [0.15, 0.2) is 16.3 Å². The average molecular weight is 307 g/mol. The Hall–Kier alpha value is -1.86. The monoisotopic (exact) mass is 307 g/mol. The molecular formula is C13H13N3O2S2. The lowest BCUT2D eigenvalue weighted by molar-refractivity contribution is 0.355. The fourth-order valence-corrected chi connectivity index (χ4v) is 2.97. The summed E-state index contributed by atoms with van der Waals surface area (Å²) in [5, 5.41) is 0. The minimum Gasteiger partial charge on any atom is -0.493 e. The minimum atomic E-state index is 0.670. The highest BCUT2D eigenvalue weighted by molar-refractivity contribution is 7.71. The molecule has 2 heterocycles. The number of aromatic nitrogens is 3. The van der Waals surface area contributed by atoms with E-state index in [-0.39, 0.29) is 0 Å². The molecule has 0 radical (unpaired) electrons. The zero-order valence-electron chi connectivity index (χ0n) is 11.0. The minimum absolute atomic E-state index is 0.670. The van der Waals surface area contributed by atoms with E-state index in [1.165, 1.54) is 0 Å². The molecule has 0 saturated carbocycles. The highest BCUT2D eigenvalue weighted by atomic mass is 32.1. The van der Waals surface area contributed by atoms with Crippen LogP contribution in [0, 0.1) is 4.77 Å². The largest absolute Gasteiger partial charge is 0.493 e. The van der Waals surface area contributed by atoms with Crippen molar-refractivity contribution in [2.45, 2.75) is 6.54 Å². The van der Waals surface area contributed by atoms with Gasteiger partial charge in [0.1, 0.15) is 0 Å². The predicted molar refractivity (Wildman–Crippen MR) is 81.4 cm³/mol. The molecule has 1 N–H and O–H groups in total. The number of fused-ring (bicyclic) bond motifs is 1. The van der Waals surface area contributed by atoms with Crippen molar-refractivity contribution in [3.8, 4) is 11.5 Å². The molecule has 104 valence electrons. The highest BCUT2D eigenvalue weighted by Crippen LogP contribution is 2.32. The van der Waals surface area contributed by atoms with E-state index in [2.05, 4.69) is 9.97 Å². The van der Waals surface area contributed by atoms with E-state index in [1.807, 2.05) is 28.4 Å². The number of rotatable bonds is 4. The second kappa shape index (κ2) is 5.26. The number of hydrogen-bond acceptors (Lipinski definition) is 5. The molecule has 0 atom stereocenters. The third-order valence-electron chi connectivity index (χ3n) is 3.08. The molecule has 0 spiro atoms. The summed E-state index contributed by atoms with van der Waals surface area (Å²) in [6, 6.07) is 3.83. The SMILES string of the molecule is COc1cc2[nH]c(=S)n(Cc3cncs3)c2cc1OC. The molecule has 20 heavy (non-hydrogen) atoms. The lowest BCUT2D eigenvalue weighted by Gasteiger charge is -2.08. The Morgan fingerprint density at radius 3 is 2.70 bits per heavy atom. The quantitative estimate of drug-likeness (QED) is 0.752. The zero-order chi connectivity index (χ0) is 14.1. The van der Waals surface area contributed by atoms with E-state index >= 15 is 0 Å². The summed E-state index contributed by atoms with van der Waals surface area (Å²) >= 11 is 7.00. The molecule has 0 aliphatic heterocycles. The summed E-state index contributed by atoms with van der Waals surface area (Å²) in [6.07, 6.45) is 1.85. The molecule has 0 amide bonds. The summed E-state index contributed by atoms with van der Waals surface area (Å²) in [6.45, 7) is 0.693. The molecule has 5 nitrogen and oxygen atoms in total. The van der Waals surface area contributed by atoms with Crippen molar-refractivity contribution in [3.05, 3.63) is 33.5 Å². The van der Waals surface area contributed by atoms with Crippen LogP contribution in [0.15, 0.2) is 23.8 Å². The second-order valence-corrected chi connectivity index (χ2v) is 5.57. The number of H-pyrrole nitrogens is 1. The van der Waals surface area contributed by atoms with Gasteiger partial charge in [-0.25, -0.2) is 0 Å². The summed E-state index contributed by atoms with van der Waals surface area (Å²) in [4.78, 5) is 8.43. The van der Waals surface area contributed by atoms with Gasteiger partial charge in [0.25, 0.3) is 0 Å². The van der Waals surface area contributed by atoms with Crippen LogP contribution in [-0.4, -0.2) is 28.8 Å². The number of imidazole rings is 1. The van der Waals surface area contributed by atoms with Crippen molar-refractivity contribution in [1.82, 2.24) is 14.5 Å². The number of hydrogen-bond donors (Lipinski definition) is 1. The molecule has 0 saturated heterocycles. The molecule has 3 rings (SSSR count). The number of nitrogens with zero attached hydrogens (tertiary/aromatic N) is 2. The summed E-state index contributed by atoms with van der Waals surface area (Å²) in [7, 11) is 3.24. The van der Waals surface area contributed by atoms with Crippen molar-refractivity contribution < 1.29 is 9.47 Å². The Morgan fingerprint density at radius 2 is 2.05 bits per heavy atom. The van der Waals surface area contributed by atoms with Crippen LogP contribution in [0.2, 0.25) is 0 Å². The third kappa shape index (κ3) is 2.19. The van der Waals surface area contributed by atoms with Gasteiger partial charge in [0.05, 0.1) is 37.3 Å². The van der Waals surface area contributed by atoms with Crippen LogP contribution in [0.1, 0.15) is 4.88 Å². The van der Waals surface area contributed by atoms with Crippen LogP contribution >= 0.6 is 23.6 Å². The first-order valence-corrected chi connectivity index (χ1v) is 7.23. The molecule has 1 aromatic carbocycles. The molecular weight excluding hydrogens is 294 g/mol. The predicted octanol–water partition coefficient (Wildman–Crippen LogP) is 3.22. The Balaban J connectivity index is 2.16. The maximum atomic E-state index is 5.40. The fourth-order valence-electron chi connectivity index (χ4n) is 2.12. The third-order valence-corrected chi connectivity index (χ3v) is 4.16. The van der Waals surface area contributed by atoms with E-state index in [4.69, 9.17) is 21.7 Å². The summed E-state index contributed by atoms with van der Waals surface area (Å²) in [5.41, 5.74) is 3.73. The van der Waals surface area contributed by atoms with Crippen LogP contribution in [0.3, 0.4) is 0 Å². The molecule has 2 aromatic heterocycles. The first kappa shape index (κ1) is 13.1. The van der Waals surface area contributed by atoms with E-state index in [9.17, 15) is 0 Å². The second-order valence-electron chi connectivity index (χ2n) is 4.21. The molecule has 3 aromatic rings. The van der Waals surface area contributed by atoms with Crippen LogP contribution in [0.5, 0.6) is 11.5 Å². The van der Waals surface area contributed by atoms with E-state index in [1.54, 1.807) is 25.6 Å². The number of aromatic amines is 1. The lowest BCUT2D eigenvalue weighted by Crippen LogP contribution is -1.98. The van der Waals surface area contributed by atoms with Gasteiger partial charge in [0, 0.05) is 23.2 Å². The topological polar surface area (TPSA) is 52.1 Å². The van der Waals surface area contributed by atoms with Gasteiger partial charge in [-0.15, -0.1) is 11.3 Å². The van der Waals surface area contributed by atoms with Crippen LogP contribution in [0.25, 0.3) is 11.0 Å². The van der Waals surface area contributed by atoms with E-state index < -0.39 is 0 Å². The van der Waals surface area contributed by atoms with Gasteiger partial charge in [-0.3, -0.25) is 4.98 Å². The normalized spacial score (nSPS) is 10.9. The number of ether oxygens (including phenoxy) is 2. The van der Waals surface area contributed by atoms with Crippen molar-refractivity contribution in [2.75, 3.05) is 14.2 Å². The van der Waals surface area contributed by atoms with Crippen molar-refractivity contribution in [2.24, 2.45) is 0 Å². The van der Waals surface area contributed by atoms with Gasteiger partial charge in [-0.1, -0.05) is 0 Å². The van der Waals surface area contributed by atoms with E-state index in [0.717, 1.165) is 15.9 Å². The molecule has 0 fully saturated rings. The van der Waals surface area contributed by atoms with Gasteiger partial charge in [0.2, 0.25) is 0 Å². The first-order valence-electron chi connectivity index (χ1n) is 5.95. The number of methoxy groups -OCH3 is 2. The van der Waals surface area contributed by atoms with Crippen LogP contribution < -0.4 is 9.47 Å². The van der Waals surface area contributed by atoms with Crippen molar-refractivity contribution >= 4 is 34.6 Å². The van der Waals surface area contributed by atoms with Gasteiger partial charge >= 0.3 is 0 Å². The first-order chi connectivity index (χ1) is 9.72. The Bertz CT molecular complexity index is 790. The standard InChI is InChI=1S/C13H13N3O2S2/c1-17-11-3-9-10(4-12(11)18-2)16(13(19)15-9)6-8-5-14-7-20-8/h3-5,7H,6H2,1-2H3,(H,15,19). The van der Waals surface area contributed by atoms with Gasteiger partial charge in [-0.2, -0.15) is 0 Å². The molecule has 7 heteroatoms. The van der Waals surface area contributed by atoms with Gasteiger partial charge < -0.3 is 19.0 Å². The Morgan fingerprint density at radius 1 is 1.30 bits per heavy atom. The average Bonchev–Trinajstić information content (AvgIpc) is 3.06. The van der Waals surface area contributed by atoms with Crippen LogP contribution in [-0.2, 0) is 6.54 Å². The van der Waals surface area contributed by atoms with E-state index in [0.29, 0.717) is 22.8 Å². The zero-order valence-corrected chi connectivity index (χ0v) is 12.7. The number of nitrogens with one attached hydrogen (secondary N) is 1. The molecule has 0 aliphatic rings. The number of benzene rings is 1. The van der Waals surface area contributed by atoms with Crippen LogP contribution in [0.4, 0.5) is 0 Å². The Kier molecular flexibility index (Phi) is 3.45. The summed E-state index contributed by atoms with van der Waals surface area (Å²) < 4.78 is 13.3. The molecule has 0 bridgehead atoms. The fraction of sp³-hybridized carbons (Fsp3) is 0.231. The lowest BCUT2D eigenvalue weighted by atomic mass is 10.2. The van der Waals surface area contributed by atoms with Crippen molar-refractivity contribution in [3.63, 3.8) is 0 Å². The molecule has 0 aliphatic carbocycles. The maximum absolute atomic E-state index is 5.40. The number of thiazole rings is 1. The molecule has 0 unspecified atom stereocenters. The smallest absolute Gasteiger partial charge is 0.178 e.